The van der Waals surface area contributed by atoms with Crippen molar-refractivity contribution in [2.24, 2.45) is 4.99 Å². The smallest absolute Gasteiger partial charge is 0.0773 e. The summed E-state index contributed by atoms with van der Waals surface area (Å²) in [5, 5.41) is 0. The van der Waals surface area contributed by atoms with Crippen molar-refractivity contribution in [1.29, 1.82) is 0 Å². The molecule has 2 N–H and O–H groups in total. The summed E-state index contributed by atoms with van der Waals surface area (Å²) in [5.74, 6) is 5.79. The number of hydrogen-bond acceptors (Lipinski definition) is 2. The Hall–Kier alpha value is -1.75. The molecule has 1 aliphatic rings. The van der Waals surface area contributed by atoms with Gasteiger partial charge in [0.1, 0.15) is 0 Å². The number of hydrogen-bond donors (Lipinski definition) is 1. The quantitative estimate of drug-likeness (QED) is 0.449. The van der Waals surface area contributed by atoms with Crippen LogP contribution in [0.15, 0.2) is 23.2 Å². The molecule has 2 heteroatoms. The van der Waals surface area contributed by atoms with E-state index in [0.717, 1.165) is 16.9 Å². The van der Waals surface area contributed by atoms with Gasteiger partial charge >= 0.3 is 0 Å². The molecule has 0 amide bonds. The second-order valence-electron chi connectivity index (χ2n) is 2.60. The van der Waals surface area contributed by atoms with Crippen molar-refractivity contribution < 1.29 is 0 Å². The molecular weight excluding hydrogens is 148 g/mol. The van der Waals surface area contributed by atoms with Crippen molar-refractivity contribution in [3.8, 4) is 11.8 Å². The zero-order valence-corrected chi connectivity index (χ0v) is 6.54. The van der Waals surface area contributed by atoms with E-state index in [1.54, 1.807) is 6.21 Å². The number of aliphatic imine (C=N–C) groups is 1. The molecule has 1 aromatic rings. The number of nitrogens with zero attached hydrogens (tertiary/aromatic N) is 1. The van der Waals surface area contributed by atoms with Crippen molar-refractivity contribution in [2.45, 2.75) is 6.42 Å². The van der Waals surface area contributed by atoms with Crippen LogP contribution in [-0.2, 0) is 6.42 Å². The molecule has 0 radical (unpaired) electrons. The Labute approximate surface area is 71.1 Å². The predicted molar refractivity (Wildman–Crippen MR) is 50.5 cm³/mol. The van der Waals surface area contributed by atoms with Gasteiger partial charge in [-0.15, -0.1) is 0 Å². The van der Waals surface area contributed by atoms with Crippen LogP contribution in [0.25, 0.3) is 0 Å². The van der Waals surface area contributed by atoms with Crippen LogP contribution in [0.4, 0.5) is 11.4 Å². The predicted octanol–water partition coefficient (Wildman–Crippen LogP) is 1.53. The lowest BCUT2D eigenvalue weighted by atomic mass is 10.1. The summed E-state index contributed by atoms with van der Waals surface area (Å²) in [5.41, 5.74) is 8.51. The van der Waals surface area contributed by atoms with Crippen LogP contribution in [0.2, 0.25) is 0 Å². The first kappa shape index (κ1) is 6.93. The van der Waals surface area contributed by atoms with E-state index in [2.05, 4.69) is 16.8 Å². The van der Waals surface area contributed by atoms with Crippen LogP contribution in [0, 0.1) is 11.8 Å². The summed E-state index contributed by atoms with van der Waals surface area (Å²) in [4.78, 5) is 4.17. The summed E-state index contributed by atoms with van der Waals surface area (Å²) in [6.07, 6.45) is 2.31. The average molecular weight is 156 g/mol. The molecular formula is C10H8N2. The first-order chi connectivity index (χ1) is 5.88. The van der Waals surface area contributed by atoms with Crippen LogP contribution < -0.4 is 5.73 Å². The zero-order chi connectivity index (χ0) is 8.39. The van der Waals surface area contributed by atoms with Crippen molar-refractivity contribution >= 4 is 17.6 Å². The molecule has 1 aromatic carbocycles. The van der Waals surface area contributed by atoms with Gasteiger partial charge in [0.05, 0.1) is 11.9 Å². The maximum Gasteiger partial charge on any atom is 0.0773 e. The van der Waals surface area contributed by atoms with Crippen LogP contribution in [0.5, 0.6) is 0 Å². The van der Waals surface area contributed by atoms with Crippen LogP contribution in [0.3, 0.4) is 0 Å². The molecule has 0 spiro atoms. The van der Waals surface area contributed by atoms with Crippen molar-refractivity contribution in [3.63, 3.8) is 0 Å². The largest absolute Gasteiger partial charge is 0.398 e. The van der Waals surface area contributed by atoms with E-state index in [4.69, 9.17) is 5.73 Å². The topological polar surface area (TPSA) is 38.4 Å². The van der Waals surface area contributed by atoms with E-state index in [-0.39, 0.29) is 0 Å². The maximum atomic E-state index is 5.77. The van der Waals surface area contributed by atoms with Gasteiger partial charge < -0.3 is 5.73 Å². The Morgan fingerprint density at radius 3 is 3.25 bits per heavy atom. The molecule has 12 heavy (non-hydrogen) atoms. The molecule has 0 bridgehead atoms. The zero-order valence-electron chi connectivity index (χ0n) is 6.54. The standard InChI is InChI=1S/C10H8N2/c11-9-5-3-6-10-8(9)4-1-2-7-12-10/h3,5-7H,4,11H2. The van der Waals surface area contributed by atoms with Gasteiger partial charge in [-0.3, -0.25) is 0 Å². The van der Waals surface area contributed by atoms with Gasteiger partial charge in [0.25, 0.3) is 0 Å². The van der Waals surface area contributed by atoms with E-state index in [1.807, 2.05) is 18.2 Å². The Kier molecular flexibility index (Phi) is 1.56. The second kappa shape index (κ2) is 2.71. The van der Waals surface area contributed by atoms with Crippen molar-refractivity contribution in [1.82, 2.24) is 0 Å². The third-order valence-corrected chi connectivity index (χ3v) is 1.82. The van der Waals surface area contributed by atoms with Gasteiger partial charge in [-0.1, -0.05) is 17.9 Å². The van der Waals surface area contributed by atoms with E-state index < -0.39 is 0 Å². The highest BCUT2D eigenvalue weighted by Crippen LogP contribution is 2.25. The molecule has 58 valence electrons. The summed E-state index contributed by atoms with van der Waals surface area (Å²) >= 11 is 0. The highest BCUT2D eigenvalue weighted by molar-refractivity contribution is 5.83. The minimum Gasteiger partial charge on any atom is -0.398 e. The van der Waals surface area contributed by atoms with Gasteiger partial charge in [0, 0.05) is 17.7 Å². The molecule has 2 rings (SSSR count). The Morgan fingerprint density at radius 1 is 1.42 bits per heavy atom. The third kappa shape index (κ3) is 1.06. The number of rotatable bonds is 0. The summed E-state index contributed by atoms with van der Waals surface area (Å²) in [6, 6.07) is 5.72. The number of anilines is 1. The highest BCUT2D eigenvalue weighted by Gasteiger charge is 2.03. The van der Waals surface area contributed by atoms with Crippen LogP contribution in [0.1, 0.15) is 5.56 Å². The summed E-state index contributed by atoms with van der Waals surface area (Å²) < 4.78 is 0. The molecule has 0 aliphatic carbocycles. The van der Waals surface area contributed by atoms with E-state index in [0.29, 0.717) is 6.42 Å². The van der Waals surface area contributed by atoms with Gasteiger partial charge in [-0.2, -0.15) is 0 Å². The van der Waals surface area contributed by atoms with Crippen molar-refractivity contribution in [2.75, 3.05) is 5.73 Å². The van der Waals surface area contributed by atoms with E-state index in [9.17, 15) is 0 Å². The molecule has 0 saturated carbocycles. The van der Waals surface area contributed by atoms with E-state index in [1.165, 1.54) is 0 Å². The fraction of sp³-hybridized carbons (Fsp3) is 0.100. The monoisotopic (exact) mass is 156 g/mol. The lowest BCUT2D eigenvalue weighted by Crippen LogP contribution is -1.92. The minimum atomic E-state index is 0.696. The number of nitrogen functional groups attached to an aromatic ring is 1. The van der Waals surface area contributed by atoms with Gasteiger partial charge in [0.2, 0.25) is 0 Å². The van der Waals surface area contributed by atoms with Gasteiger partial charge in [-0.25, -0.2) is 4.99 Å². The third-order valence-electron chi connectivity index (χ3n) is 1.82. The molecule has 0 saturated heterocycles. The SMILES string of the molecule is Nc1cccc2c1CC#CC=N2. The number of fused-ring (bicyclic) bond motifs is 1. The molecule has 0 unspecified atom stereocenters. The fourth-order valence-corrected chi connectivity index (χ4v) is 1.19. The molecule has 2 nitrogen and oxygen atoms in total. The summed E-state index contributed by atoms with van der Waals surface area (Å²) in [6.45, 7) is 0. The lowest BCUT2D eigenvalue weighted by Gasteiger charge is -2.03. The molecule has 1 heterocycles. The lowest BCUT2D eigenvalue weighted by molar-refractivity contribution is 1.31. The minimum absolute atomic E-state index is 0.696. The first-order valence-corrected chi connectivity index (χ1v) is 3.76. The van der Waals surface area contributed by atoms with E-state index >= 15 is 0 Å². The summed E-state index contributed by atoms with van der Waals surface area (Å²) in [7, 11) is 0. The average Bonchev–Trinajstić information content (AvgIpc) is 2.30. The van der Waals surface area contributed by atoms with Crippen LogP contribution in [-0.4, -0.2) is 6.21 Å². The first-order valence-electron chi connectivity index (χ1n) is 3.76. The molecule has 0 atom stereocenters. The van der Waals surface area contributed by atoms with Gasteiger partial charge in [-0.05, 0) is 12.1 Å². The Bertz CT molecular complexity index is 394. The highest BCUT2D eigenvalue weighted by atomic mass is 14.7. The molecule has 0 aromatic heterocycles. The Morgan fingerprint density at radius 2 is 2.33 bits per heavy atom. The fourth-order valence-electron chi connectivity index (χ4n) is 1.19. The Balaban J connectivity index is 2.62. The van der Waals surface area contributed by atoms with Crippen molar-refractivity contribution in [3.05, 3.63) is 23.8 Å². The molecule has 1 aliphatic heterocycles. The molecule has 0 fully saturated rings. The van der Waals surface area contributed by atoms with Crippen LogP contribution >= 0.6 is 0 Å². The number of benzene rings is 1. The number of nitrogens with two attached hydrogens (primary N) is 1. The van der Waals surface area contributed by atoms with Gasteiger partial charge in [0.15, 0.2) is 0 Å². The second-order valence-corrected chi connectivity index (χ2v) is 2.60. The normalized spacial score (nSPS) is 12.7. The maximum absolute atomic E-state index is 5.77.